The number of aliphatic hydroxyl groups is 1. The quantitative estimate of drug-likeness (QED) is 0.797. The van der Waals surface area contributed by atoms with Crippen molar-refractivity contribution in [2.75, 3.05) is 13.7 Å². The first-order valence-corrected chi connectivity index (χ1v) is 10.1. The molecule has 3 nitrogen and oxygen atoms in total. The topological polar surface area (TPSA) is 46.5 Å². The van der Waals surface area contributed by atoms with Crippen molar-refractivity contribution in [3.63, 3.8) is 0 Å². The van der Waals surface area contributed by atoms with Crippen molar-refractivity contribution in [1.29, 1.82) is 0 Å². The molecule has 2 saturated carbocycles. The Morgan fingerprint density at radius 1 is 1.28 bits per heavy atom. The van der Waals surface area contributed by atoms with Gasteiger partial charge in [-0.05, 0) is 68.3 Å². The molecule has 0 aromatic rings. The summed E-state index contributed by atoms with van der Waals surface area (Å²) in [5, 5.41) is 12.0. The molecule has 0 aromatic carbocycles. The Morgan fingerprint density at radius 3 is 2.84 bits per heavy atom. The van der Waals surface area contributed by atoms with Gasteiger partial charge in [0.2, 0.25) is 0 Å². The number of halogens is 1. The van der Waals surface area contributed by atoms with Crippen molar-refractivity contribution in [2.45, 2.75) is 57.5 Å². The maximum absolute atomic E-state index is 11.8. The summed E-state index contributed by atoms with van der Waals surface area (Å²) in [6, 6.07) is 0. The third kappa shape index (κ3) is 2.49. The van der Waals surface area contributed by atoms with Gasteiger partial charge in [-0.15, -0.1) is 0 Å². The summed E-state index contributed by atoms with van der Waals surface area (Å²) >= 11 is 6.50. The molecule has 0 aromatic heterocycles. The largest absolute Gasteiger partial charge is 0.381 e. The van der Waals surface area contributed by atoms with Crippen LogP contribution in [0.3, 0.4) is 0 Å². The maximum Gasteiger partial charge on any atom is 0.155 e. The van der Waals surface area contributed by atoms with E-state index in [4.69, 9.17) is 16.3 Å². The van der Waals surface area contributed by atoms with Gasteiger partial charge in [0.25, 0.3) is 0 Å². The van der Waals surface area contributed by atoms with E-state index < -0.39 is 5.60 Å². The van der Waals surface area contributed by atoms with Crippen LogP contribution in [-0.4, -0.2) is 30.2 Å². The first kappa shape index (κ1) is 17.8. The zero-order valence-electron chi connectivity index (χ0n) is 15.3. The monoisotopic (exact) mass is 364 g/mol. The number of carbonyl (C=O) groups excluding carboxylic acids is 1. The van der Waals surface area contributed by atoms with Crippen LogP contribution in [0.25, 0.3) is 0 Å². The molecule has 4 rings (SSSR count). The molecule has 2 fully saturated rings. The van der Waals surface area contributed by atoms with Gasteiger partial charge in [0.1, 0.15) is 5.60 Å². The van der Waals surface area contributed by atoms with Crippen molar-refractivity contribution in [3.8, 4) is 0 Å². The molecule has 0 amide bonds. The molecule has 1 N–H and O–H groups in total. The molecule has 0 bridgehead atoms. The Hall–Kier alpha value is -0.640. The number of fused-ring (bicyclic) bond motifs is 5. The Kier molecular flexibility index (Phi) is 4.41. The third-order valence-electron chi connectivity index (χ3n) is 7.93. The summed E-state index contributed by atoms with van der Waals surface area (Å²) in [5.41, 5.74) is 0.0926. The lowest BCUT2D eigenvalue weighted by Gasteiger charge is -2.61. The maximum atomic E-state index is 11.8. The van der Waals surface area contributed by atoms with E-state index >= 15 is 0 Å². The van der Waals surface area contributed by atoms with Gasteiger partial charge < -0.3 is 9.84 Å². The van der Waals surface area contributed by atoms with Crippen LogP contribution in [0.1, 0.15) is 51.9 Å². The summed E-state index contributed by atoms with van der Waals surface area (Å²) in [7, 11) is 1.64. The predicted octanol–water partition coefficient (Wildman–Crippen LogP) is 4.24. The highest BCUT2D eigenvalue weighted by Gasteiger charge is 2.61. The molecular weight excluding hydrogens is 336 g/mol. The normalized spacial score (nSPS) is 46.5. The van der Waals surface area contributed by atoms with E-state index in [9.17, 15) is 9.90 Å². The second-order valence-electron chi connectivity index (χ2n) is 8.84. The number of hydrogen-bond donors (Lipinski definition) is 1. The molecule has 0 unspecified atom stereocenters. The highest BCUT2D eigenvalue weighted by molar-refractivity contribution is 6.30. The highest BCUT2D eigenvalue weighted by Crippen LogP contribution is 2.63. The van der Waals surface area contributed by atoms with Crippen LogP contribution in [0.4, 0.5) is 0 Å². The molecule has 4 aliphatic carbocycles. The molecule has 4 heteroatoms. The van der Waals surface area contributed by atoms with Crippen molar-refractivity contribution in [3.05, 3.63) is 22.8 Å². The van der Waals surface area contributed by atoms with Crippen molar-refractivity contribution in [1.82, 2.24) is 0 Å². The standard InChI is InChI=1S/C21H29ClO3/c1-20-10-9-16-15-6-4-14(23)11-13(15)3-5-17(16)18(20)7-8-19(22)21(20,24)12-25-2/h8,11,15-18,24H,3-7,9-10,12H2,1-2H3/t15-,16+,17+,18-,20-,21-/m0/s1. The van der Waals surface area contributed by atoms with E-state index in [1.54, 1.807) is 7.11 Å². The smallest absolute Gasteiger partial charge is 0.155 e. The lowest BCUT2D eigenvalue weighted by Crippen LogP contribution is -2.61. The van der Waals surface area contributed by atoms with Crippen LogP contribution in [0, 0.1) is 29.1 Å². The fraction of sp³-hybridized carbons (Fsp3) is 0.762. The predicted molar refractivity (Wildman–Crippen MR) is 98.2 cm³/mol. The molecule has 25 heavy (non-hydrogen) atoms. The number of ketones is 1. The van der Waals surface area contributed by atoms with Gasteiger partial charge in [-0.1, -0.05) is 30.2 Å². The van der Waals surface area contributed by atoms with E-state index in [2.05, 4.69) is 6.92 Å². The zero-order valence-corrected chi connectivity index (χ0v) is 16.0. The summed E-state index contributed by atoms with van der Waals surface area (Å²) in [5.74, 6) is 2.60. The number of methoxy groups -OCH3 is 1. The number of rotatable bonds is 2. The lowest BCUT2D eigenvalue weighted by atomic mass is 9.46. The molecular formula is C21H29ClO3. The lowest BCUT2D eigenvalue weighted by molar-refractivity contribution is -0.163. The van der Waals surface area contributed by atoms with Crippen LogP contribution in [0.15, 0.2) is 22.8 Å². The van der Waals surface area contributed by atoms with Crippen LogP contribution >= 0.6 is 11.6 Å². The zero-order chi connectivity index (χ0) is 17.8. The number of allylic oxidation sites excluding steroid dienone is 3. The molecule has 0 spiro atoms. The minimum atomic E-state index is -1.07. The molecule has 4 aliphatic rings. The first-order valence-electron chi connectivity index (χ1n) is 9.71. The van der Waals surface area contributed by atoms with Gasteiger partial charge in [0.05, 0.1) is 6.61 Å². The minimum Gasteiger partial charge on any atom is -0.381 e. The van der Waals surface area contributed by atoms with Crippen LogP contribution < -0.4 is 0 Å². The Bertz CT molecular complexity index is 639. The molecule has 6 atom stereocenters. The van der Waals surface area contributed by atoms with Gasteiger partial charge in [-0.3, -0.25) is 4.79 Å². The van der Waals surface area contributed by atoms with Crippen LogP contribution in [-0.2, 0) is 9.53 Å². The van der Waals surface area contributed by atoms with Gasteiger partial charge in [0, 0.05) is 24.0 Å². The van der Waals surface area contributed by atoms with E-state index in [0.717, 1.165) is 38.5 Å². The molecule has 0 radical (unpaired) electrons. The fourth-order valence-electron chi connectivity index (χ4n) is 6.56. The van der Waals surface area contributed by atoms with Crippen molar-refractivity contribution in [2.24, 2.45) is 29.1 Å². The van der Waals surface area contributed by atoms with Gasteiger partial charge >= 0.3 is 0 Å². The Balaban J connectivity index is 1.67. The van der Waals surface area contributed by atoms with E-state index in [-0.39, 0.29) is 12.0 Å². The first-order chi connectivity index (χ1) is 11.9. The van der Waals surface area contributed by atoms with Gasteiger partial charge in [0.15, 0.2) is 5.78 Å². The number of carbonyl (C=O) groups is 1. The average molecular weight is 365 g/mol. The van der Waals surface area contributed by atoms with Crippen molar-refractivity contribution >= 4 is 17.4 Å². The molecule has 0 saturated heterocycles. The summed E-state index contributed by atoms with van der Waals surface area (Å²) in [6.45, 7) is 2.48. The Morgan fingerprint density at radius 2 is 2.08 bits per heavy atom. The summed E-state index contributed by atoms with van der Waals surface area (Å²) < 4.78 is 5.38. The van der Waals surface area contributed by atoms with E-state index in [1.165, 1.54) is 5.57 Å². The highest BCUT2D eigenvalue weighted by atomic mass is 35.5. The number of ether oxygens (including phenoxy) is 1. The van der Waals surface area contributed by atoms with Crippen LogP contribution in [0.5, 0.6) is 0 Å². The Labute approximate surface area is 155 Å². The number of hydrogen-bond acceptors (Lipinski definition) is 3. The fourth-order valence-corrected chi connectivity index (χ4v) is 6.92. The van der Waals surface area contributed by atoms with E-state index in [1.807, 2.05) is 12.2 Å². The molecule has 0 aliphatic heterocycles. The van der Waals surface area contributed by atoms with E-state index in [0.29, 0.717) is 40.9 Å². The third-order valence-corrected chi connectivity index (χ3v) is 8.40. The van der Waals surface area contributed by atoms with Crippen LogP contribution in [0.2, 0.25) is 0 Å². The van der Waals surface area contributed by atoms with Gasteiger partial charge in [-0.2, -0.15) is 0 Å². The SMILES string of the molecule is COC[C@]1(O)C(Cl)=CC[C@H]2[C@@H]3CCC4=CC(=O)CC[C@@H]4[C@H]3CC[C@@]21C. The molecule has 0 heterocycles. The average Bonchev–Trinajstić information content (AvgIpc) is 2.59. The summed E-state index contributed by atoms with van der Waals surface area (Å²) in [6.07, 6.45) is 10.9. The summed E-state index contributed by atoms with van der Waals surface area (Å²) in [4.78, 5) is 11.8. The second-order valence-corrected chi connectivity index (χ2v) is 9.25. The van der Waals surface area contributed by atoms with Gasteiger partial charge in [-0.25, -0.2) is 0 Å². The molecule has 138 valence electrons. The minimum absolute atomic E-state index is 0.234. The second kappa shape index (κ2) is 6.21. The van der Waals surface area contributed by atoms with Crippen molar-refractivity contribution < 1.29 is 14.6 Å².